The van der Waals surface area contributed by atoms with Crippen LogP contribution in [0.25, 0.3) is 0 Å². The minimum Gasteiger partial charge on any atom is -0.407 e. The number of aliphatic hydroxyl groups is 1. The second kappa shape index (κ2) is 8.61. The van der Waals surface area contributed by atoms with Gasteiger partial charge in [0, 0.05) is 6.61 Å². The predicted molar refractivity (Wildman–Crippen MR) is 109 cm³/mol. The van der Waals surface area contributed by atoms with E-state index in [1.807, 2.05) is 0 Å². The number of hydrogen-bond donors (Lipinski definition) is 1. The molecule has 1 N–H and O–H groups in total. The first-order chi connectivity index (χ1) is 11.9. The van der Waals surface area contributed by atoms with Crippen molar-refractivity contribution in [1.29, 1.82) is 0 Å². The molecule has 0 amide bonds. The zero-order valence-corrected chi connectivity index (χ0v) is 16.6. The second-order valence-corrected chi connectivity index (χ2v) is 11.8. The third-order valence-corrected chi connectivity index (χ3v) is 9.69. The average molecular weight is 355 g/mol. The smallest absolute Gasteiger partial charge is 0.261 e. The highest BCUT2D eigenvalue weighted by atomic mass is 28.4. The fourth-order valence-electron chi connectivity index (χ4n) is 3.40. The Balaban J connectivity index is 2.40. The summed E-state index contributed by atoms with van der Waals surface area (Å²) in [5, 5.41) is 12.3. The van der Waals surface area contributed by atoms with Gasteiger partial charge in [0.05, 0.1) is 6.10 Å². The minimum absolute atomic E-state index is 0.00718. The average Bonchev–Trinajstić information content (AvgIpc) is 2.62. The highest BCUT2D eigenvalue weighted by Crippen LogP contribution is 2.36. The summed E-state index contributed by atoms with van der Waals surface area (Å²) < 4.78 is 6.75. The van der Waals surface area contributed by atoms with Gasteiger partial charge in [0.25, 0.3) is 8.32 Å². The van der Waals surface area contributed by atoms with Crippen LogP contribution < -0.4 is 10.4 Å². The van der Waals surface area contributed by atoms with Crippen LogP contribution in [-0.2, 0) is 4.43 Å². The molecule has 2 aromatic rings. The van der Waals surface area contributed by atoms with E-state index in [9.17, 15) is 5.11 Å². The molecule has 0 aromatic heterocycles. The fraction of sp³-hybridized carbons (Fsp3) is 0.364. The monoisotopic (exact) mass is 354 g/mol. The molecular formula is C22H30O2Si. The second-order valence-electron chi connectivity index (χ2n) is 7.46. The van der Waals surface area contributed by atoms with Crippen molar-refractivity contribution in [2.75, 3.05) is 6.61 Å². The third-order valence-electron chi connectivity index (χ3n) is 4.65. The lowest BCUT2D eigenvalue weighted by molar-refractivity contribution is 0.193. The van der Waals surface area contributed by atoms with Gasteiger partial charge in [-0.3, -0.25) is 0 Å². The molecule has 3 heteroatoms. The number of aliphatic hydroxyl groups excluding tert-OH is 1. The minimum atomic E-state index is -2.44. The van der Waals surface area contributed by atoms with E-state index in [0.29, 0.717) is 13.0 Å². The van der Waals surface area contributed by atoms with Gasteiger partial charge >= 0.3 is 0 Å². The number of rotatable bonds is 8. The summed E-state index contributed by atoms with van der Waals surface area (Å²) in [6.45, 7) is 11.1. The summed E-state index contributed by atoms with van der Waals surface area (Å²) in [6.07, 6.45) is 2.63. The van der Waals surface area contributed by atoms with Crippen LogP contribution in [0.4, 0.5) is 0 Å². The zero-order valence-electron chi connectivity index (χ0n) is 15.6. The molecule has 0 aliphatic heterocycles. The van der Waals surface area contributed by atoms with Gasteiger partial charge in [-0.25, -0.2) is 0 Å². The van der Waals surface area contributed by atoms with Crippen LogP contribution >= 0.6 is 0 Å². The van der Waals surface area contributed by atoms with Crippen molar-refractivity contribution in [3.8, 4) is 0 Å². The lowest BCUT2D eigenvalue weighted by Crippen LogP contribution is -2.66. The summed E-state index contributed by atoms with van der Waals surface area (Å²) in [5.41, 5.74) is 0. The Kier molecular flexibility index (Phi) is 6.76. The van der Waals surface area contributed by atoms with E-state index in [1.165, 1.54) is 10.4 Å². The molecule has 2 nitrogen and oxygen atoms in total. The van der Waals surface area contributed by atoms with E-state index in [1.54, 1.807) is 6.08 Å². The Morgan fingerprint density at radius 2 is 1.48 bits per heavy atom. The molecule has 2 rings (SSSR count). The topological polar surface area (TPSA) is 29.5 Å². The van der Waals surface area contributed by atoms with Crippen molar-refractivity contribution in [3.05, 3.63) is 73.3 Å². The van der Waals surface area contributed by atoms with Crippen LogP contribution in [0.2, 0.25) is 5.04 Å². The molecule has 2 aromatic carbocycles. The molecule has 0 heterocycles. The van der Waals surface area contributed by atoms with E-state index in [-0.39, 0.29) is 5.04 Å². The predicted octanol–water partition coefficient (Wildman–Crippen LogP) is 3.89. The number of benzene rings is 2. The van der Waals surface area contributed by atoms with Crippen LogP contribution in [0, 0.1) is 0 Å². The molecule has 0 radical (unpaired) electrons. The molecule has 0 saturated heterocycles. The van der Waals surface area contributed by atoms with Gasteiger partial charge in [-0.15, -0.1) is 6.58 Å². The first-order valence-corrected chi connectivity index (χ1v) is 10.9. The standard InChI is InChI=1S/C22H30O2Si/c1-5-19(23)13-12-18-24-25(22(2,3)4,20-14-8-6-9-15-20)21-16-10-7-11-17-21/h5-11,14-17,19,23H,1,12-13,18H2,2-4H3/t19-/m1/s1. The summed E-state index contributed by atoms with van der Waals surface area (Å²) in [6, 6.07) is 21.3. The van der Waals surface area contributed by atoms with Gasteiger partial charge in [-0.05, 0) is 28.3 Å². The SMILES string of the molecule is C=C[C@@H](O)CCCO[Si](c1ccccc1)(c1ccccc1)C(C)(C)C. The van der Waals surface area contributed by atoms with Crippen molar-refractivity contribution in [2.45, 2.75) is 44.8 Å². The normalized spacial score (nSPS) is 13.4. The Hall–Kier alpha value is -1.68. The van der Waals surface area contributed by atoms with Crippen LogP contribution in [-0.4, -0.2) is 26.1 Å². The lowest BCUT2D eigenvalue weighted by atomic mass is 10.2. The van der Waals surface area contributed by atoms with Crippen molar-refractivity contribution in [2.24, 2.45) is 0 Å². The largest absolute Gasteiger partial charge is 0.407 e. The molecule has 0 spiro atoms. The quantitative estimate of drug-likeness (QED) is 0.443. The van der Waals surface area contributed by atoms with Gasteiger partial charge < -0.3 is 9.53 Å². The van der Waals surface area contributed by atoms with Gasteiger partial charge in [-0.2, -0.15) is 0 Å². The molecule has 1 atom stereocenters. The Morgan fingerprint density at radius 1 is 1.00 bits per heavy atom. The highest BCUT2D eigenvalue weighted by molar-refractivity contribution is 6.99. The Morgan fingerprint density at radius 3 is 1.88 bits per heavy atom. The van der Waals surface area contributed by atoms with Gasteiger partial charge in [0.1, 0.15) is 0 Å². The molecule has 25 heavy (non-hydrogen) atoms. The van der Waals surface area contributed by atoms with E-state index >= 15 is 0 Å². The first-order valence-electron chi connectivity index (χ1n) is 8.97. The van der Waals surface area contributed by atoms with Crippen LogP contribution in [0.5, 0.6) is 0 Å². The molecule has 134 valence electrons. The maximum atomic E-state index is 9.72. The molecule has 0 unspecified atom stereocenters. The zero-order chi connectivity index (χ0) is 18.3. The molecule has 0 aliphatic rings. The Labute approximate surface area is 153 Å². The van der Waals surface area contributed by atoms with Crippen LogP contribution in [0.15, 0.2) is 73.3 Å². The fourth-order valence-corrected chi connectivity index (χ4v) is 8.00. The summed E-state index contributed by atoms with van der Waals surface area (Å²) >= 11 is 0. The van der Waals surface area contributed by atoms with Crippen LogP contribution in [0.3, 0.4) is 0 Å². The molecular weight excluding hydrogens is 324 g/mol. The number of hydrogen-bond acceptors (Lipinski definition) is 2. The van der Waals surface area contributed by atoms with E-state index in [4.69, 9.17) is 4.43 Å². The van der Waals surface area contributed by atoms with Crippen molar-refractivity contribution in [3.63, 3.8) is 0 Å². The van der Waals surface area contributed by atoms with Gasteiger partial charge in [-0.1, -0.05) is 87.5 Å². The van der Waals surface area contributed by atoms with Crippen molar-refractivity contribution >= 4 is 18.7 Å². The maximum Gasteiger partial charge on any atom is 0.261 e. The van der Waals surface area contributed by atoms with Crippen molar-refractivity contribution in [1.82, 2.24) is 0 Å². The third kappa shape index (κ3) is 4.49. The molecule has 0 saturated carbocycles. The van der Waals surface area contributed by atoms with E-state index in [2.05, 4.69) is 88.0 Å². The summed E-state index contributed by atoms with van der Waals surface area (Å²) in [5.74, 6) is 0. The van der Waals surface area contributed by atoms with Crippen molar-refractivity contribution < 1.29 is 9.53 Å². The highest BCUT2D eigenvalue weighted by Gasteiger charge is 2.49. The maximum absolute atomic E-state index is 9.72. The van der Waals surface area contributed by atoms with E-state index in [0.717, 1.165) is 6.42 Å². The Bertz CT molecular complexity index is 607. The lowest BCUT2D eigenvalue weighted by Gasteiger charge is -2.43. The van der Waals surface area contributed by atoms with E-state index < -0.39 is 14.4 Å². The molecule has 0 aliphatic carbocycles. The first kappa shape index (κ1) is 19.6. The molecule has 0 fully saturated rings. The van der Waals surface area contributed by atoms with Gasteiger partial charge in [0.2, 0.25) is 0 Å². The summed E-state index contributed by atoms with van der Waals surface area (Å²) in [4.78, 5) is 0. The van der Waals surface area contributed by atoms with Crippen LogP contribution in [0.1, 0.15) is 33.6 Å². The van der Waals surface area contributed by atoms with Gasteiger partial charge in [0.15, 0.2) is 0 Å². The molecule has 0 bridgehead atoms. The summed E-state index contributed by atoms with van der Waals surface area (Å²) in [7, 11) is -2.44.